The molecule has 0 saturated carbocycles. The van der Waals surface area contributed by atoms with Gasteiger partial charge in [0.25, 0.3) is 5.78 Å². The Morgan fingerprint density at radius 2 is 2.19 bits per heavy atom. The predicted molar refractivity (Wildman–Crippen MR) is 56.0 cm³/mol. The van der Waals surface area contributed by atoms with E-state index in [1.165, 1.54) is 6.33 Å². The number of carbonyl (C=O) groups excluding carboxylic acids is 1. The van der Waals surface area contributed by atoms with Gasteiger partial charge < -0.3 is 4.42 Å². The van der Waals surface area contributed by atoms with Crippen LogP contribution in [0.4, 0.5) is 0 Å². The molecule has 2 heterocycles. The van der Waals surface area contributed by atoms with Gasteiger partial charge in [0.05, 0.1) is 0 Å². The topological polar surface area (TPSA) is 71.8 Å². The number of nitrogens with zero attached hydrogens (tertiary/aromatic N) is 2. The van der Waals surface area contributed by atoms with E-state index in [0.29, 0.717) is 5.58 Å². The molecular weight excluding hydrogens is 206 g/mol. The van der Waals surface area contributed by atoms with Crippen LogP contribution in [0.5, 0.6) is 0 Å². The molecule has 3 rings (SSSR count). The lowest BCUT2D eigenvalue weighted by Crippen LogP contribution is -2.01. The van der Waals surface area contributed by atoms with E-state index >= 15 is 0 Å². The maximum absolute atomic E-state index is 11.8. The largest absolute Gasteiger partial charge is 0.452 e. The van der Waals surface area contributed by atoms with Gasteiger partial charge in [-0.25, -0.2) is 4.98 Å². The zero-order valence-corrected chi connectivity index (χ0v) is 8.18. The van der Waals surface area contributed by atoms with Gasteiger partial charge in [-0.2, -0.15) is 5.10 Å². The fourth-order valence-electron chi connectivity index (χ4n) is 1.53. The Balaban J connectivity index is 2.10. The molecule has 5 heteroatoms. The average Bonchev–Trinajstić information content (AvgIpc) is 2.97. The van der Waals surface area contributed by atoms with Gasteiger partial charge in [0.1, 0.15) is 11.9 Å². The summed E-state index contributed by atoms with van der Waals surface area (Å²) in [6.07, 6.45) is 1.29. The van der Waals surface area contributed by atoms with Gasteiger partial charge in [-0.05, 0) is 12.1 Å². The van der Waals surface area contributed by atoms with Gasteiger partial charge in [-0.3, -0.25) is 9.89 Å². The van der Waals surface area contributed by atoms with Crippen molar-refractivity contribution in [1.82, 2.24) is 15.2 Å². The Hall–Kier alpha value is -2.43. The molecule has 16 heavy (non-hydrogen) atoms. The summed E-state index contributed by atoms with van der Waals surface area (Å²) in [6, 6.07) is 9.14. The number of hydrogen-bond acceptors (Lipinski definition) is 4. The highest BCUT2D eigenvalue weighted by Crippen LogP contribution is 2.19. The number of fused-ring (bicyclic) bond motifs is 1. The van der Waals surface area contributed by atoms with Crippen molar-refractivity contribution in [3.05, 3.63) is 48.2 Å². The van der Waals surface area contributed by atoms with Crippen LogP contribution in [0.2, 0.25) is 0 Å². The molecule has 0 aliphatic rings. The second kappa shape index (κ2) is 3.30. The fourth-order valence-corrected chi connectivity index (χ4v) is 1.53. The third-order valence-corrected chi connectivity index (χ3v) is 2.28. The Kier molecular flexibility index (Phi) is 1.83. The second-order valence-electron chi connectivity index (χ2n) is 3.31. The molecule has 0 radical (unpaired) electrons. The average molecular weight is 213 g/mol. The number of benzene rings is 1. The van der Waals surface area contributed by atoms with Crippen molar-refractivity contribution < 1.29 is 9.21 Å². The standard InChI is InChI=1S/C11H7N3O2/c15-10(11-12-6-13-14-11)9-5-7-3-1-2-4-8(7)16-9/h1-6H,(H,12,13,14). The maximum Gasteiger partial charge on any atom is 0.264 e. The van der Waals surface area contributed by atoms with E-state index in [-0.39, 0.29) is 17.4 Å². The maximum atomic E-state index is 11.8. The number of hydrogen-bond donors (Lipinski definition) is 1. The number of carbonyl (C=O) groups is 1. The summed E-state index contributed by atoms with van der Waals surface area (Å²) in [5.74, 6) is 0.144. The number of aromatic amines is 1. The van der Waals surface area contributed by atoms with Crippen LogP contribution in [-0.2, 0) is 0 Å². The predicted octanol–water partition coefficient (Wildman–Crippen LogP) is 1.78. The molecule has 3 aromatic rings. The first-order chi connectivity index (χ1) is 7.84. The minimum absolute atomic E-state index is 0.180. The minimum atomic E-state index is -0.297. The monoisotopic (exact) mass is 213 g/mol. The first-order valence-corrected chi connectivity index (χ1v) is 4.73. The third-order valence-electron chi connectivity index (χ3n) is 2.28. The molecule has 78 valence electrons. The molecule has 1 N–H and O–H groups in total. The molecular formula is C11H7N3O2. The summed E-state index contributed by atoms with van der Waals surface area (Å²) in [5.41, 5.74) is 0.686. The van der Waals surface area contributed by atoms with E-state index in [1.807, 2.05) is 24.3 Å². The SMILES string of the molecule is O=C(c1ncn[nH]1)c1cc2ccccc2o1. The van der Waals surface area contributed by atoms with Crippen molar-refractivity contribution in [2.24, 2.45) is 0 Å². The van der Waals surface area contributed by atoms with Crippen LogP contribution >= 0.6 is 0 Å². The van der Waals surface area contributed by atoms with Crippen molar-refractivity contribution in [3.8, 4) is 0 Å². The summed E-state index contributed by atoms with van der Waals surface area (Å²) in [5, 5.41) is 7.03. The van der Waals surface area contributed by atoms with Crippen LogP contribution in [0.15, 0.2) is 41.1 Å². The van der Waals surface area contributed by atoms with Gasteiger partial charge in [-0.15, -0.1) is 0 Å². The van der Waals surface area contributed by atoms with Crippen molar-refractivity contribution in [1.29, 1.82) is 0 Å². The first kappa shape index (κ1) is 8.84. The van der Waals surface area contributed by atoms with Gasteiger partial charge >= 0.3 is 0 Å². The number of aromatic nitrogens is 3. The summed E-state index contributed by atoms with van der Waals surface area (Å²) in [4.78, 5) is 15.6. The van der Waals surface area contributed by atoms with E-state index < -0.39 is 0 Å². The summed E-state index contributed by atoms with van der Waals surface area (Å²) >= 11 is 0. The molecule has 0 amide bonds. The van der Waals surface area contributed by atoms with Crippen LogP contribution < -0.4 is 0 Å². The normalized spacial score (nSPS) is 10.8. The van der Waals surface area contributed by atoms with Crippen LogP contribution in [-0.4, -0.2) is 21.0 Å². The van der Waals surface area contributed by atoms with Crippen LogP contribution in [0, 0.1) is 0 Å². The molecule has 0 bridgehead atoms. The van der Waals surface area contributed by atoms with Crippen molar-refractivity contribution >= 4 is 16.8 Å². The smallest absolute Gasteiger partial charge is 0.264 e. The molecule has 5 nitrogen and oxygen atoms in total. The lowest BCUT2D eigenvalue weighted by molar-refractivity contribution is 0.100. The van der Waals surface area contributed by atoms with Gasteiger partial charge in [0, 0.05) is 5.39 Å². The van der Waals surface area contributed by atoms with Crippen LogP contribution in [0.25, 0.3) is 11.0 Å². The van der Waals surface area contributed by atoms with E-state index in [9.17, 15) is 4.79 Å². The molecule has 2 aromatic heterocycles. The second-order valence-corrected chi connectivity index (χ2v) is 3.31. The van der Waals surface area contributed by atoms with Crippen molar-refractivity contribution in [3.63, 3.8) is 0 Å². The molecule has 0 aliphatic carbocycles. The molecule has 0 fully saturated rings. The number of ketones is 1. The fraction of sp³-hybridized carbons (Fsp3) is 0. The zero-order valence-electron chi connectivity index (χ0n) is 8.18. The minimum Gasteiger partial charge on any atom is -0.452 e. The molecule has 0 saturated heterocycles. The molecule has 1 aromatic carbocycles. The number of para-hydroxylation sites is 1. The van der Waals surface area contributed by atoms with Gasteiger partial charge in [0.2, 0.25) is 0 Å². The quantitative estimate of drug-likeness (QED) is 0.658. The number of nitrogens with one attached hydrogen (secondary N) is 1. The summed E-state index contributed by atoms with van der Waals surface area (Å²) in [7, 11) is 0. The third kappa shape index (κ3) is 1.30. The highest BCUT2D eigenvalue weighted by atomic mass is 16.3. The number of furan rings is 1. The molecule has 0 unspecified atom stereocenters. The number of rotatable bonds is 2. The zero-order chi connectivity index (χ0) is 11.0. The van der Waals surface area contributed by atoms with Crippen LogP contribution in [0.1, 0.15) is 16.4 Å². The van der Waals surface area contributed by atoms with Crippen molar-refractivity contribution in [2.45, 2.75) is 0 Å². The Bertz CT molecular complexity index is 607. The highest BCUT2D eigenvalue weighted by Gasteiger charge is 2.16. The molecule has 0 atom stereocenters. The Morgan fingerprint density at radius 1 is 1.31 bits per heavy atom. The lowest BCUT2D eigenvalue weighted by atomic mass is 10.2. The van der Waals surface area contributed by atoms with E-state index in [1.54, 1.807) is 6.07 Å². The van der Waals surface area contributed by atoms with E-state index in [2.05, 4.69) is 15.2 Å². The van der Waals surface area contributed by atoms with Crippen molar-refractivity contribution in [2.75, 3.05) is 0 Å². The van der Waals surface area contributed by atoms with Gasteiger partial charge in [-0.1, -0.05) is 18.2 Å². The molecule has 0 aliphatic heterocycles. The number of H-pyrrole nitrogens is 1. The van der Waals surface area contributed by atoms with E-state index in [0.717, 1.165) is 5.39 Å². The summed E-state index contributed by atoms with van der Waals surface area (Å²) in [6.45, 7) is 0. The summed E-state index contributed by atoms with van der Waals surface area (Å²) < 4.78 is 5.42. The first-order valence-electron chi connectivity index (χ1n) is 4.73. The van der Waals surface area contributed by atoms with Crippen LogP contribution in [0.3, 0.4) is 0 Å². The van der Waals surface area contributed by atoms with E-state index in [4.69, 9.17) is 4.42 Å². The van der Waals surface area contributed by atoms with Gasteiger partial charge in [0.15, 0.2) is 11.6 Å². The highest BCUT2D eigenvalue weighted by molar-refractivity contribution is 6.06. The Morgan fingerprint density at radius 3 is 2.94 bits per heavy atom. The Labute approximate surface area is 90.1 Å². The molecule has 0 spiro atoms. The lowest BCUT2D eigenvalue weighted by Gasteiger charge is -1.89.